The van der Waals surface area contributed by atoms with E-state index in [2.05, 4.69) is 5.32 Å². The normalized spacial score (nSPS) is 11.4. The van der Waals surface area contributed by atoms with E-state index in [1.165, 1.54) is 12.1 Å². The minimum atomic E-state index is -4.48. The summed E-state index contributed by atoms with van der Waals surface area (Å²) >= 11 is 5.62. The van der Waals surface area contributed by atoms with Gasteiger partial charge in [-0.2, -0.15) is 13.2 Å². The van der Waals surface area contributed by atoms with E-state index in [-0.39, 0.29) is 17.3 Å². The van der Waals surface area contributed by atoms with Gasteiger partial charge in [-0.3, -0.25) is 0 Å². The van der Waals surface area contributed by atoms with Crippen LogP contribution in [0.5, 0.6) is 0 Å². The highest BCUT2D eigenvalue weighted by Crippen LogP contribution is 2.37. The fourth-order valence-corrected chi connectivity index (χ4v) is 1.89. The van der Waals surface area contributed by atoms with Crippen molar-refractivity contribution in [2.24, 2.45) is 0 Å². The van der Waals surface area contributed by atoms with Crippen molar-refractivity contribution in [3.8, 4) is 0 Å². The first-order chi connectivity index (χ1) is 9.40. The molecule has 0 bridgehead atoms. The van der Waals surface area contributed by atoms with Crippen molar-refractivity contribution in [3.63, 3.8) is 0 Å². The summed E-state index contributed by atoms with van der Waals surface area (Å²) in [5.74, 6) is 0. The molecule has 0 aliphatic rings. The van der Waals surface area contributed by atoms with Crippen molar-refractivity contribution in [3.05, 3.63) is 64.3 Å². The predicted molar refractivity (Wildman–Crippen MR) is 74.2 cm³/mol. The van der Waals surface area contributed by atoms with Crippen LogP contribution in [0, 0.1) is 0 Å². The van der Waals surface area contributed by atoms with Crippen LogP contribution in [-0.4, -0.2) is 0 Å². The van der Waals surface area contributed by atoms with Gasteiger partial charge >= 0.3 is 6.18 Å². The van der Waals surface area contributed by atoms with Gasteiger partial charge in [0.05, 0.1) is 11.3 Å². The van der Waals surface area contributed by atoms with Gasteiger partial charge in [-0.05, 0) is 30.3 Å². The van der Waals surface area contributed by atoms with Crippen molar-refractivity contribution in [2.75, 3.05) is 5.32 Å². The van der Waals surface area contributed by atoms with Gasteiger partial charge in [0.1, 0.15) is 0 Å². The maximum Gasteiger partial charge on any atom is 0.418 e. The Kier molecular flexibility index (Phi) is 4.20. The smallest absolute Gasteiger partial charge is 0.418 e. The Hall–Kier alpha value is -1.72. The Balaban J connectivity index is 2.32. The predicted octanol–water partition coefficient (Wildman–Crippen LogP) is 5.65. The summed E-state index contributed by atoms with van der Waals surface area (Å²) in [7, 11) is 0. The monoisotopic (exact) mass is 299 g/mol. The summed E-state index contributed by atoms with van der Waals surface area (Å²) in [6.07, 6.45) is -4.48. The summed E-state index contributed by atoms with van der Waals surface area (Å²) in [4.78, 5) is 0. The Labute approximate surface area is 119 Å². The van der Waals surface area contributed by atoms with Gasteiger partial charge in [-0.1, -0.05) is 29.3 Å². The number of hydrogen-bond donors (Lipinski definition) is 1. The molecule has 6 heteroatoms. The highest BCUT2D eigenvalue weighted by molar-refractivity contribution is 6.30. The third-order valence-corrected chi connectivity index (χ3v) is 2.96. The molecule has 0 aromatic heterocycles. The van der Waals surface area contributed by atoms with E-state index in [4.69, 9.17) is 17.3 Å². The second-order valence-corrected chi connectivity index (χ2v) is 4.62. The zero-order valence-electron chi connectivity index (χ0n) is 10.3. The molecule has 0 atom stereocenters. The van der Waals surface area contributed by atoms with Crippen LogP contribution in [0.15, 0.2) is 42.5 Å². The third kappa shape index (κ3) is 3.43. The first kappa shape index (κ1) is 14.7. The lowest BCUT2D eigenvalue weighted by Gasteiger charge is -2.15. The first-order valence-electron chi connectivity index (χ1n) is 5.77. The topological polar surface area (TPSA) is 35.8 Å². The molecule has 2 aromatic carbocycles. The molecule has 20 heavy (non-hydrogen) atoms. The van der Waals surface area contributed by atoms with Crippen molar-refractivity contribution in [1.29, 1.82) is 0 Å². The Morgan fingerprint density at radius 1 is 1.05 bits per heavy atom. The molecule has 0 radical (unpaired) electrons. The Morgan fingerprint density at radius 2 is 1.70 bits per heavy atom. The molecule has 2 rings (SSSR count). The minimum absolute atomic E-state index is 0.0347. The lowest BCUT2D eigenvalue weighted by Crippen LogP contribution is -2.08. The van der Waals surface area contributed by atoms with E-state index in [1.807, 2.05) is 0 Å². The van der Waals surface area contributed by atoms with Gasteiger partial charge in [0, 0.05) is 10.7 Å². The summed E-state index contributed by atoms with van der Waals surface area (Å²) in [5.41, 5.74) is 7.64. The van der Waals surface area contributed by atoms with Crippen molar-refractivity contribution in [1.82, 2.24) is 0 Å². The molecule has 0 amide bonds. The summed E-state index contributed by atoms with van der Waals surface area (Å²) < 4.78 is 38.8. The molecule has 0 spiro atoms. The molecule has 0 saturated heterocycles. The number of alkyl halides is 3. The molecular weight excluding hydrogens is 289 g/mol. The minimum Gasteiger partial charge on any atom is -0.674 e. The van der Waals surface area contributed by atoms with Crippen LogP contribution in [0.1, 0.15) is 11.1 Å². The number of hydrogen-bond acceptors (Lipinski definition) is 1. The second kappa shape index (κ2) is 5.73. The van der Waals surface area contributed by atoms with Crippen LogP contribution >= 0.6 is 11.6 Å². The first-order valence-corrected chi connectivity index (χ1v) is 6.15. The second-order valence-electron chi connectivity index (χ2n) is 4.19. The van der Waals surface area contributed by atoms with Gasteiger partial charge in [0.2, 0.25) is 0 Å². The molecule has 0 heterocycles. The zero-order chi connectivity index (χ0) is 14.8. The van der Waals surface area contributed by atoms with E-state index in [1.54, 1.807) is 24.3 Å². The van der Waals surface area contributed by atoms with Crippen LogP contribution in [0.4, 0.5) is 24.5 Å². The summed E-state index contributed by atoms with van der Waals surface area (Å²) in [6.45, 7) is 0.134. The van der Waals surface area contributed by atoms with E-state index in [0.717, 1.165) is 11.6 Å². The largest absolute Gasteiger partial charge is 0.674 e. The van der Waals surface area contributed by atoms with Gasteiger partial charge in [-0.15, -0.1) is 6.54 Å². The molecule has 0 saturated carbocycles. The van der Waals surface area contributed by atoms with E-state index in [9.17, 15) is 13.2 Å². The van der Waals surface area contributed by atoms with Crippen LogP contribution in [0.3, 0.4) is 0 Å². The molecular formula is C14H11ClF3N2-. The van der Waals surface area contributed by atoms with Crippen LogP contribution in [0.25, 0.3) is 5.73 Å². The standard InChI is InChI=1S/C14H11ClF3N2/c15-10-3-6-13(12(7-10)14(16,17)18)20-11-4-1-9(8-19)2-5-11/h1-7,19-20H,8H2/q-1. The highest BCUT2D eigenvalue weighted by atomic mass is 35.5. The number of halogens is 4. The lowest BCUT2D eigenvalue weighted by atomic mass is 10.1. The summed E-state index contributed by atoms with van der Waals surface area (Å²) in [6, 6.07) is 10.2. The fourth-order valence-electron chi connectivity index (χ4n) is 1.72. The van der Waals surface area contributed by atoms with Gasteiger partial charge in [0.15, 0.2) is 0 Å². The van der Waals surface area contributed by atoms with Gasteiger partial charge < -0.3 is 11.1 Å². The number of nitrogens with one attached hydrogen (secondary N) is 2. The van der Waals surface area contributed by atoms with Crippen LogP contribution in [0.2, 0.25) is 5.02 Å². The van der Waals surface area contributed by atoms with Crippen molar-refractivity contribution in [2.45, 2.75) is 12.7 Å². The number of rotatable bonds is 3. The molecule has 0 unspecified atom stereocenters. The van der Waals surface area contributed by atoms with E-state index < -0.39 is 11.7 Å². The average molecular weight is 300 g/mol. The molecule has 0 aliphatic carbocycles. The average Bonchev–Trinajstić information content (AvgIpc) is 2.40. The quantitative estimate of drug-likeness (QED) is 0.780. The molecule has 2 N–H and O–H groups in total. The lowest BCUT2D eigenvalue weighted by molar-refractivity contribution is -0.136. The number of benzene rings is 2. The summed E-state index contributed by atoms with van der Waals surface area (Å²) in [5, 5.41) is 2.75. The zero-order valence-corrected chi connectivity index (χ0v) is 11.0. The highest BCUT2D eigenvalue weighted by Gasteiger charge is 2.33. The molecule has 2 aromatic rings. The van der Waals surface area contributed by atoms with E-state index >= 15 is 0 Å². The maximum atomic E-state index is 12.9. The van der Waals surface area contributed by atoms with Crippen molar-refractivity contribution >= 4 is 23.0 Å². The van der Waals surface area contributed by atoms with Crippen LogP contribution < -0.4 is 5.32 Å². The third-order valence-electron chi connectivity index (χ3n) is 2.72. The molecule has 106 valence electrons. The SMILES string of the molecule is [NH-]Cc1ccc(Nc2ccc(Cl)cc2C(F)(F)F)cc1. The van der Waals surface area contributed by atoms with Gasteiger partial charge in [0.25, 0.3) is 0 Å². The van der Waals surface area contributed by atoms with Gasteiger partial charge in [-0.25, -0.2) is 0 Å². The molecule has 0 fully saturated rings. The Bertz CT molecular complexity index is 594. The number of anilines is 2. The maximum absolute atomic E-state index is 12.9. The Morgan fingerprint density at radius 3 is 2.25 bits per heavy atom. The molecule has 2 nitrogen and oxygen atoms in total. The van der Waals surface area contributed by atoms with Crippen molar-refractivity contribution < 1.29 is 13.2 Å². The fraction of sp³-hybridized carbons (Fsp3) is 0.143. The van der Waals surface area contributed by atoms with Crippen LogP contribution in [-0.2, 0) is 12.7 Å². The molecule has 0 aliphatic heterocycles. The van der Waals surface area contributed by atoms with E-state index in [0.29, 0.717) is 5.69 Å².